The van der Waals surface area contributed by atoms with E-state index in [0.717, 1.165) is 28.3 Å². The van der Waals surface area contributed by atoms with Gasteiger partial charge < -0.3 is 9.12 Å². The zero-order valence-electron chi connectivity index (χ0n) is 19.0. The van der Waals surface area contributed by atoms with Gasteiger partial charge in [0.05, 0.1) is 6.04 Å². The number of nitrogens with one attached hydrogen (secondary N) is 1. The molecule has 3 nitrogen and oxygen atoms in total. The first-order valence-corrected chi connectivity index (χ1v) is 12.0. The molecule has 0 amide bonds. The molecule has 3 rings (SSSR count). The zero-order chi connectivity index (χ0) is 22.3. The first kappa shape index (κ1) is 23.2. The minimum Gasteiger partial charge on any atom is -0.598 e. The molecular formula is C25H33ClN2OS. The van der Waals surface area contributed by atoms with Crippen LogP contribution in [0, 0.1) is 5.41 Å². The fourth-order valence-electron chi connectivity index (χ4n) is 3.57. The number of aromatic nitrogens is 1. The van der Waals surface area contributed by atoms with E-state index in [-0.39, 0.29) is 16.2 Å². The van der Waals surface area contributed by atoms with E-state index in [4.69, 9.17) is 11.6 Å². The summed E-state index contributed by atoms with van der Waals surface area (Å²) in [6.45, 7) is 15.7. The van der Waals surface area contributed by atoms with Gasteiger partial charge in [0.25, 0.3) is 0 Å². The van der Waals surface area contributed by atoms with Crippen LogP contribution in [0.4, 0.5) is 0 Å². The topological polar surface area (TPSA) is 40.0 Å². The van der Waals surface area contributed by atoms with Crippen LogP contribution in [0.1, 0.15) is 60.1 Å². The summed E-state index contributed by atoms with van der Waals surface area (Å²) in [5, 5.41) is 1.93. The van der Waals surface area contributed by atoms with Crippen molar-refractivity contribution >= 4 is 33.9 Å². The Labute approximate surface area is 189 Å². The lowest BCUT2D eigenvalue weighted by Gasteiger charge is -2.26. The summed E-state index contributed by atoms with van der Waals surface area (Å²) in [6.07, 6.45) is 2.21. The van der Waals surface area contributed by atoms with Crippen LogP contribution in [-0.2, 0) is 17.9 Å². The van der Waals surface area contributed by atoms with Crippen molar-refractivity contribution < 1.29 is 4.55 Å². The van der Waals surface area contributed by atoms with Gasteiger partial charge in [-0.05, 0) is 56.4 Å². The minimum atomic E-state index is -1.13. The molecule has 1 N–H and O–H groups in total. The van der Waals surface area contributed by atoms with Crippen LogP contribution in [0.3, 0.4) is 0 Å². The highest BCUT2D eigenvalue weighted by Gasteiger charge is 2.29. The predicted molar refractivity (Wildman–Crippen MR) is 131 cm³/mol. The Bertz CT molecular complexity index is 1030. The lowest BCUT2D eigenvalue weighted by molar-refractivity contribution is 0.349. The molecule has 0 saturated heterocycles. The molecule has 0 spiro atoms. The second-order valence-corrected chi connectivity index (χ2v) is 12.6. The Morgan fingerprint density at radius 2 is 1.73 bits per heavy atom. The number of rotatable bonds is 5. The van der Waals surface area contributed by atoms with Gasteiger partial charge in [-0.2, -0.15) is 0 Å². The number of benzene rings is 2. The van der Waals surface area contributed by atoms with E-state index in [2.05, 4.69) is 67.4 Å². The van der Waals surface area contributed by atoms with E-state index in [0.29, 0.717) is 0 Å². The van der Waals surface area contributed by atoms with Crippen molar-refractivity contribution in [2.45, 2.75) is 65.8 Å². The van der Waals surface area contributed by atoms with Gasteiger partial charge in [-0.15, -0.1) is 4.72 Å². The normalized spacial score (nSPS) is 14.8. The molecule has 1 heterocycles. The van der Waals surface area contributed by atoms with Gasteiger partial charge in [0.15, 0.2) is 0 Å². The smallest absolute Gasteiger partial charge is 0.136 e. The van der Waals surface area contributed by atoms with Crippen LogP contribution >= 0.6 is 11.6 Å². The van der Waals surface area contributed by atoms with Gasteiger partial charge in [0, 0.05) is 45.6 Å². The number of hydrogen-bond donors (Lipinski definition) is 1. The molecule has 1 aromatic heterocycles. The van der Waals surface area contributed by atoms with E-state index >= 15 is 0 Å². The maximum absolute atomic E-state index is 12.7. The Kier molecular flexibility index (Phi) is 6.64. The highest BCUT2D eigenvalue weighted by atomic mass is 35.5. The van der Waals surface area contributed by atoms with Gasteiger partial charge in [0.1, 0.15) is 4.75 Å². The maximum Gasteiger partial charge on any atom is 0.136 e. The molecule has 162 valence electrons. The lowest BCUT2D eigenvalue weighted by atomic mass is 9.97. The van der Waals surface area contributed by atoms with Crippen molar-refractivity contribution in [3.05, 3.63) is 59.2 Å². The third kappa shape index (κ3) is 5.23. The van der Waals surface area contributed by atoms with Crippen molar-refractivity contribution in [2.24, 2.45) is 5.41 Å². The van der Waals surface area contributed by atoms with Crippen molar-refractivity contribution in [1.29, 1.82) is 0 Å². The van der Waals surface area contributed by atoms with Crippen LogP contribution in [0.25, 0.3) is 22.0 Å². The summed E-state index contributed by atoms with van der Waals surface area (Å²) in [5.41, 5.74) is 4.61. The average Bonchev–Trinajstić information content (AvgIpc) is 2.97. The molecule has 30 heavy (non-hydrogen) atoms. The standard InChI is InChI=1S/C25H33ClN2OS/c1-17(27-30(29)25(5,6)7)21-15-28(16-24(2,3)4)23-14-18(12-13-20(21)23)19-10-8-9-11-22(19)26/h8-15,17,27H,16H2,1-7H3/t17-,30+/m1/s1. The first-order chi connectivity index (χ1) is 13.9. The molecule has 3 aromatic rings. The molecule has 0 aliphatic heterocycles. The van der Waals surface area contributed by atoms with Gasteiger partial charge in [-0.1, -0.05) is 62.7 Å². The van der Waals surface area contributed by atoms with Crippen molar-refractivity contribution in [1.82, 2.24) is 9.29 Å². The van der Waals surface area contributed by atoms with Crippen molar-refractivity contribution in [3.8, 4) is 11.1 Å². The van der Waals surface area contributed by atoms with Crippen molar-refractivity contribution in [2.75, 3.05) is 0 Å². The quantitative estimate of drug-likeness (QED) is 0.425. The molecule has 2 aromatic carbocycles. The lowest BCUT2D eigenvalue weighted by Crippen LogP contribution is -2.40. The predicted octanol–water partition coefficient (Wildman–Crippen LogP) is 7.12. The number of hydrogen-bond acceptors (Lipinski definition) is 2. The molecule has 0 fully saturated rings. The van der Waals surface area contributed by atoms with E-state index in [1.165, 1.54) is 10.9 Å². The van der Waals surface area contributed by atoms with Gasteiger partial charge >= 0.3 is 0 Å². The fourth-order valence-corrected chi connectivity index (χ4v) is 4.62. The summed E-state index contributed by atoms with van der Waals surface area (Å²) in [4.78, 5) is 0. The summed E-state index contributed by atoms with van der Waals surface area (Å²) >= 11 is 5.33. The summed E-state index contributed by atoms with van der Waals surface area (Å²) in [5.74, 6) is 0. The highest BCUT2D eigenvalue weighted by molar-refractivity contribution is 7.90. The largest absolute Gasteiger partial charge is 0.598 e. The summed E-state index contributed by atoms with van der Waals surface area (Å²) in [7, 11) is 0. The van der Waals surface area contributed by atoms with Crippen LogP contribution in [0.15, 0.2) is 48.7 Å². The molecule has 0 bridgehead atoms. The average molecular weight is 445 g/mol. The third-order valence-electron chi connectivity index (χ3n) is 5.05. The number of fused-ring (bicyclic) bond motifs is 1. The maximum atomic E-state index is 12.7. The fraction of sp³-hybridized carbons (Fsp3) is 0.440. The Balaban J connectivity index is 2.10. The van der Waals surface area contributed by atoms with Crippen molar-refractivity contribution in [3.63, 3.8) is 0 Å². The molecule has 5 heteroatoms. The molecular weight excluding hydrogens is 412 g/mol. The van der Waals surface area contributed by atoms with Crippen LogP contribution in [0.5, 0.6) is 0 Å². The van der Waals surface area contributed by atoms with E-state index in [1.54, 1.807) is 0 Å². The Morgan fingerprint density at radius 1 is 1.07 bits per heavy atom. The molecule has 2 atom stereocenters. The highest BCUT2D eigenvalue weighted by Crippen LogP contribution is 2.35. The van der Waals surface area contributed by atoms with Gasteiger partial charge in [0.2, 0.25) is 0 Å². The van der Waals surface area contributed by atoms with Crippen LogP contribution in [-0.4, -0.2) is 13.9 Å². The van der Waals surface area contributed by atoms with E-state index < -0.39 is 11.4 Å². The van der Waals surface area contributed by atoms with Gasteiger partial charge in [-0.3, -0.25) is 0 Å². The molecule has 0 aliphatic carbocycles. The summed E-state index contributed by atoms with van der Waals surface area (Å²) < 4.78 is 18.0. The van der Waals surface area contributed by atoms with E-state index in [1.807, 2.05) is 39.0 Å². The van der Waals surface area contributed by atoms with Gasteiger partial charge in [-0.25, -0.2) is 0 Å². The zero-order valence-corrected chi connectivity index (χ0v) is 20.6. The second-order valence-electron chi connectivity index (χ2n) is 10.2. The SMILES string of the molecule is C[C@@H](N[S@@+]([O-])C(C)(C)C)c1cn(CC(C)(C)C)c2cc(-c3ccccc3Cl)ccc12. The first-order valence-electron chi connectivity index (χ1n) is 10.4. The monoisotopic (exact) mass is 444 g/mol. The summed E-state index contributed by atoms with van der Waals surface area (Å²) in [6, 6.07) is 14.4. The minimum absolute atomic E-state index is 0.0278. The molecule has 0 saturated carbocycles. The third-order valence-corrected chi connectivity index (χ3v) is 7.06. The second kappa shape index (κ2) is 8.58. The molecule has 0 unspecified atom stereocenters. The molecule has 0 aliphatic rings. The van der Waals surface area contributed by atoms with Crippen LogP contribution in [0.2, 0.25) is 5.02 Å². The number of halogens is 1. The number of nitrogens with zero attached hydrogens (tertiary/aromatic N) is 1. The van der Waals surface area contributed by atoms with Crippen LogP contribution < -0.4 is 4.72 Å². The Morgan fingerprint density at radius 3 is 2.33 bits per heavy atom. The molecule has 0 radical (unpaired) electrons. The van der Waals surface area contributed by atoms with E-state index in [9.17, 15) is 4.55 Å². The Hall–Kier alpha value is -1.46.